The minimum absolute atomic E-state index is 0. The molecule has 1 saturated heterocycles. The normalized spacial score (nSPS) is 15.9. The first-order valence-electron chi connectivity index (χ1n) is 9.11. The van der Waals surface area contributed by atoms with Gasteiger partial charge in [-0.1, -0.05) is 5.16 Å². The molecule has 3 heterocycles. The first-order valence-corrected chi connectivity index (χ1v) is 11.4. The number of piperazine rings is 1. The van der Waals surface area contributed by atoms with Gasteiger partial charge in [-0.15, -0.1) is 35.3 Å². The lowest BCUT2D eigenvalue weighted by Gasteiger charge is -2.36. The summed E-state index contributed by atoms with van der Waals surface area (Å²) in [5, 5.41) is 7.19. The number of guanidine groups is 1. The van der Waals surface area contributed by atoms with Gasteiger partial charge in [0.2, 0.25) is 10.0 Å². The van der Waals surface area contributed by atoms with Crippen LogP contribution < -0.4 is 10.0 Å². The fourth-order valence-electron chi connectivity index (χ4n) is 2.99. The van der Waals surface area contributed by atoms with Gasteiger partial charge in [0.1, 0.15) is 10.5 Å². The van der Waals surface area contributed by atoms with Crippen LogP contribution in [0.2, 0.25) is 0 Å². The van der Waals surface area contributed by atoms with E-state index >= 15 is 0 Å². The number of aryl methyl sites for hydroxylation is 1. The zero-order valence-corrected chi connectivity index (χ0v) is 20.5. The third kappa shape index (κ3) is 6.91. The molecular weight excluding hydrogens is 527 g/mol. The van der Waals surface area contributed by atoms with Gasteiger partial charge in [-0.25, -0.2) is 13.1 Å². The quantitative estimate of drug-likeness (QED) is 0.231. The zero-order chi connectivity index (χ0) is 20.0. The van der Waals surface area contributed by atoms with Crippen molar-refractivity contribution >= 4 is 51.3 Å². The summed E-state index contributed by atoms with van der Waals surface area (Å²) in [6.45, 7) is 6.92. The molecule has 0 radical (unpaired) electrons. The topological polar surface area (TPSA) is 103 Å². The van der Waals surface area contributed by atoms with E-state index in [1.165, 1.54) is 11.3 Å². The van der Waals surface area contributed by atoms with E-state index < -0.39 is 10.0 Å². The predicted molar refractivity (Wildman–Crippen MR) is 124 cm³/mol. The lowest BCUT2D eigenvalue weighted by atomic mass is 10.3. The Labute approximate surface area is 192 Å². The van der Waals surface area contributed by atoms with Gasteiger partial charge in [-0.3, -0.25) is 9.89 Å². The van der Waals surface area contributed by atoms with Crippen LogP contribution in [-0.4, -0.2) is 75.7 Å². The molecule has 2 aromatic rings. The molecule has 3 rings (SSSR count). The van der Waals surface area contributed by atoms with Crippen LogP contribution in [0.25, 0.3) is 0 Å². The second-order valence-corrected chi connectivity index (χ2v) is 9.77. The third-order valence-electron chi connectivity index (χ3n) is 4.44. The molecule has 1 fully saturated rings. The average molecular weight is 554 g/mol. The van der Waals surface area contributed by atoms with Gasteiger partial charge in [0.15, 0.2) is 5.96 Å². The Kier molecular flexibility index (Phi) is 9.33. The minimum atomic E-state index is -3.45. The fraction of sp³-hybridized carbons (Fsp3) is 0.529. The number of sulfonamides is 1. The van der Waals surface area contributed by atoms with E-state index in [1.54, 1.807) is 19.4 Å². The number of nitrogens with one attached hydrogen (secondary N) is 2. The van der Waals surface area contributed by atoms with Crippen molar-refractivity contribution in [3.63, 3.8) is 0 Å². The molecule has 2 aromatic heterocycles. The van der Waals surface area contributed by atoms with Gasteiger partial charge in [-0.05, 0) is 19.1 Å². The fourth-order valence-corrected chi connectivity index (χ4v) is 5.35. The molecule has 12 heteroatoms. The van der Waals surface area contributed by atoms with Crippen molar-refractivity contribution in [3.05, 3.63) is 35.0 Å². The first kappa shape index (κ1) is 24.1. The Morgan fingerprint density at radius 3 is 2.59 bits per heavy atom. The van der Waals surface area contributed by atoms with Crippen molar-refractivity contribution in [2.24, 2.45) is 4.99 Å². The highest BCUT2D eigenvalue weighted by molar-refractivity contribution is 14.0. The summed E-state index contributed by atoms with van der Waals surface area (Å²) in [7, 11) is -1.71. The van der Waals surface area contributed by atoms with Crippen molar-refractivity contribution < 1.29 is 12.9 Å². The van der Waals surface area contributed by atoms with Crippen molar-refractivity contribution in [1.29, 1.82) is 0 Å². The van der Waals surface area contributed by atoms with Crippen molar-refractivity contribution in [2.45, 2.75) is 17.7 Å². The lowest BCUT2D eigenvalue weighted by molar-refractivity contribution is 0.169. The summed E-state index contributed by atoms with van der Waals surface area (Å²) in [4.78, 5) is 9.79. The molecule has 1 aliphatic heterocycles. The van der Waals surface area contributed by atoms with Crippen LogP contribution in [0.4, 0.5) is 0 Å². The second-order valence-electron chi connectivity index (χ2n) is 6.49. The van der Waals surface area contributed by atoms with E-state index in [0.29, 0.717) is 17.3 Å². The van der Waals surface area contributed by atoms with Crippen LogP contribution in [0.15, 0.2) is 38.2 Å². The number of thiophene rings is 1. The predicted octanol–water partition coefficient (Wildman–Crippen LogP) is 1.33. The minimum Gasteiger partial charge on any atom is -0.364 e. The van der Waals surface area contributed by atoms with Crippen molar-refractivity contribution in [1.82, 2.24) is 25.0 Å². The number of aromatic nitrogens is 1. The molecule has 1 aliphatic rings. The molecule has 0 spiro atoms. The molecule has 0 unspecified atom stereocenters. The molecule has 0 aliphatic carbocycles. The highest BCUT2D eigenvalue weighted by atomic mass is 127. The van der Waals surface area contributed by atoms with E-state index in [-0.39, 0.29) is 24.0 Å². The Morgan fingerprint density at radius 2 is 2.00 bits per heavy atom. The number of nitrogens with zero attached hydrogens (tertiary/aromatic N) is 4. The van der Waals surface area contributed by atoms with E-state index in [4.69, 9.17) is 4.52 Å². The molecule has 0 saturated carbocycles. The standard InChI is InChI=1S/C17H26N6O3S2.HI/c1-14-3-4-16(27-14)28(24,25)20-7-6-19-17(18-2)23-10-8-22(9-11-23)13-15-5-12-26-21-15;/h3-5,12,20H,6-11,13H2,1-2H3,(H,18,19);1H. The molecule has 0 atom stereocenters. The molecule has 162 valence electrons. The summed E-state index contributed by atoms with van der Waals surface area (Å²) in [5.74, 6) is 0.784. The average Bonchev–Trinajstić information content (AvgIpc) is 3.35. The van der Waals surface area contributed by atoms with E-state index in [2.05, 4.69) is 30.0 Å². The largest absolute Gasteiger partial charge is 0.364 e. The van der Waals surface area contributed by atoms with Crippen LogP contribution in [0.3, 0.4) is 0 Å². The highest BCUT2D eigenvalue weighted by Gasteiger charge is 2.20. The number of halogens is 1. The highest BCUT2D eigenvalue weighted by Crippen LogP contribution is 2.19. The Bertz CT molecular complexity index is 877. The maximum atomic E-state index is 12.2. The number of hydrogen-bond acceptors (Lipinski definition) is 7. The van der Waals surface area contributed by atoms with Crippen LogP contribution in [0.1, 0.15) is 10.6 Å². The summed E-state index contributed by atoms with van der Waals surface area (Å²) >= 11 is 1.27. The maximum Gasteiger partial charge on any atom is 0.250 e. The summed E-state index contributed by atoms with van der Waals surface area (Å²) in [5.41, 5.74) is 0.934. The molecule has 0 amide bonds. The van der Waals surface area contributed by atoms with Crippen LogP contribution >= 0.6 is 35.3 Å². The Hall–Kier alpha value is -1.22. The number of rotatable bonds is 7. The molecule has 0 aromatic carbocycles. The first-order chi connectivity index (χ1) is 13.5. The third-order valence-corrected chi connectivity index (χ3v) is 7.39. The van der Waals surface area contributed by atoms with E-state index in [0.717, 1.165) is 49.3 Å². The van der Waals surface area contributed by atoms with Gasteiger partial charge < -0.3 is 14.7 Å². The van der Waals surface area contributed by atoms with Crippen molar-refractivity contribution in [2.75, 3.05) is 46.3 Å². The lowest BCUT2D eigenvalue weighted by Crippen LogP contribution is -2.53. The molecular formula is C17H27IN6O3S2. The van der Waals surface area contributed by atoms with Crippen LogP contribution in [0.5, 0.6) is 0 Å². The van der Waals surface area contributed by atoms with Gasteiger partial charge in [0.05, 0.1) is 5.69 Å². The number of aliphatic imine (C=N–C) groups is 1. The second kappa shape index (κ2) is 11.2. The molecule has 9 nitrogen and oxygen atoms in total. The van der Waals surface area contributed by atoms with Gasteiger partial charge >= 0.3 is 0 Å². The van der Waals surface area contributed by atoms with Crippen LogP contribution in [-0.2, 0) is 16.6 Å². The van der Waals surface area contributed by atoms with Gasteiger partial charge in [-0.2, -0.15) is 0 Å². The zero-order valence-electron chi connectivity index (χ0n) is 16.5. The van der Waals surface area contributed by atoms with Crippen LogP contribution in [0, 0.1) is 6.92 Å². The molecule has 2 N–H and O–H groups in total. The SMILES string of the molecule is CN=C(NCCNS(=O)(=O)c1ccc(C)s1)N1CCN(Cc2ccon2)CC1.I. The summed E-state index contributed by atoms with van der Waals surface area (Å²) in [6, 6.07) is 5.32. The number of hydrogen-bond donors (Lipinski definition) is 2. The van der Waals surface area contributed by atoms with Crippen molar-refractivity contribution in [3.8, 4) is 0 Å². The maximum absolute atomic E-state index is 12.2. The van der Waals surface area contributed by atoms with E-state index in [9.17, 15) is 8.42 Å². The molecule has 29 heavy (non-hydrogen) atoms. The Balaban J connectivity index is 0.00000300. The van der Waals surface area contributed by atoms with E-state index in [1.807, 2.05) is 19.1 Å². The smallest absolute Gasteiger partial charge is 0.250 e. The van der Waals surface area contributed by atoms with Gasteiger partial charge in [0, 0.05) is 63.8 Å². The Morgan fingerprint density at radius 1 is 1.24 bits per heavy atom. The van der Waals surface area contributed by atoms with Gasteiger partial charge in [0.25, 0.3) is 0 Å². The summed E-state index contributed by atoms with van der Waals surface area (Å²) < 4.78 is 32.3. The summed E-state index contributed by atoms with van der Waals surface area (Å²) in [6.07, 6.45) is 1.59. The molecule has 0 bridgehead atoms. The monoisotopic (exact) mass is 554 g/mol.